The van der Waals surface area contributed by atoms with Gasteiger partial charge in [0.25, 0.3) is 0 Å². The third-order valence-corrected chi connectivity index (χ3v) is 14.3. The second-order valence-electron chi connectivity index (χ2n) is 21.0. The summed E-state index contributed by atoms with van der Waals surface area (Å²) in [6.07, 6.45) is 70.9. The average molecular weight is 959 g/mol. The van der Waals surface area contributed by atoms with E-state index in [-0.39, 0.29) is 0 Å². The van der Waals surface area contributed by atoms with Crippen molar-refractivity contribution in [1.82, 2.24) is 5.32 Å². The number of allylic oxidation sites excluding steroid dienone is 6. The Bertz CT molecular complexity index is 1080. The molecule has 0 rings (SSSR count). The van der Waals surface area contributed by atoms with E-state index in [1.165, 1.54) is 238 Å². The Morgan fingerprint density at radius 2 is 0.618 bits per heavy atom. The zero-order chi connectivity index (χ0) is 49.5. The van der Waals surface area contributed by atoms with Gasteiger partial charge in [-0.3, -0.25) is 4.79 Å². The number of carbonyl (C=O) groups is 1. The molecule has 0 aliphatic heterocycles. The van der Waals surface area contributed by atoms with Crippen LogP contribution in [0.3, 0.4) is 0 Å². The average Bonchev–Trinajstić information content (AvgIpc) is 3.34. The van der Waals surface area contributed by atoms with Crippen LogP contribution in [-0.4, -0.2) is 57.3 Å². The molecule has 6 nitrogen and oxygen atoms in total. The number of hydrogen-bond donors (Lipinski definition) is 5. The third kappa shape index (κ3) is 49.5. The van der Waals surface area contributed by atoms with Crippen molar-refractivity contribution in [3.63, 3.8) is 0 Å². The molecule has 4 atom stereocenters. The van der Waals surface area contributed by atoms with Crippen LogP contribution in [0.25, 0.3) is 0 Å². The number of nitrogens with one attached hydrogen (secondary N) is 1. The predicted molar refractivity (Wildman–Crippen MR) is 297 cm³/mol. The monoisotopic (exact) mass is 958 g/mol. The standard InChI is InChI=1S/C62H119NO5/c1-3-5-7-9-11-13-15-17-19-21-23-25-27-28-29-30-31-32-33-34-36-38-40-42-44-46-48-50-52-54-56-60(66)62(68)63-58(57-64)61(67)59(65)55-53-51-49-47-45-43-41-39-37-35-26-24-22-20-18-16-14-12-10-8-6-4-2/h24,26,39,41,47,49,58-61,64-67H,3-23,25,27-38,40,42-46,48,50-57H2,1-2H3,(H,63,68)/b26-24+,41-39+,49-47+. The molecule has 68 heavy (non-hydrogen) atoms. The Morgan fingerprint density at radius 3 is 0.926 bits per heavy atom. The minimum Gasteiger partial charge on any atom is -0.394 e. The molecule has 0 aromatic rings. The van der Waals surface area contributed by atoms with Crippen LogP contribution in [0.2, 0.25) is 0 Å². The number of carbonyl (C=O) groups excluding carboxylic acids is 1. The largest absolute Gasteiger partial charge is 0.394 e. The second kappa shape index (κ2) is 56.4. The molecule has 6 heteroatoms. The first kappa shape index (κ1) is 66.5. The van der Waals surface area contributed by atoms with Crippen molar-refractivity contribution < 1.29 is 25.2 Å². The van der Waals surface area contributed by atoms with E-state index in [4.69, 9.17) is 0 Å². The molecule has 0 saturated carbocycles. The summed E-state index contributed by atoms with van der Waals surface area (Å²) in [5, 5.41) is 44.0. The maximum atomic E-state index is 12.6. The summed E-state index contributed by atoms with van der Waals surface area (Å²) in [5.41, 5.74) is 0. The van der Waals surface area contributed by atoms with Gasteiger partial charge >= 0.3 is 0 Å². The fourth-order valence-corrected chi connectivity index (χ4v) is 9.56. The van der Waals surface area contributed by atoms with Gasteiger partial charge < -0.3 is 25.7 Å². The first-order valence-corrected chi connectivity index (χ1v) is 30.4. The van der Waals surface area contributed by atoms with Gasteiger partial charge in [-0.1, -0.05) is 294 Å². The number of unbranched alkanes of at least 4 members (excludes halogenated alkanes) is 41. The zero-order valence-electron chi connectivity index (χ0n) is 45.6. The molecule has 0 aromatic carbocycles. The highest BCUT2D eigenvalue weighted by atomic mass is 16.3. The Kier molecular flexibility index (Phi) is 55.2. The highest BCUT2D eigenvalue weighted by molar-refractivity contribution is 5.80. The van der Waals surface area contributed by atoms with E-state index in [2.05, 4.69) is 55.6 Å². The van der Waals surface area contributed by atoms with E-state index in [1.54, 1.807) is 0 Å². The summed E-state index contributed by atoms with van der Waals surface area (Å²) in [4.78, 5) is 12.6. The quantitative estimate of drug-likeness (QED) is 0.0308. The van der Waals surface area contributed by atoms with Gasteiger partial charge in [-0.05, 0) is 64.2 Å². The molecule has 0 aromatic heterocycles. The molecule has 0 spiro atoms. The minimum absolute atomic E-state index is 0.362. The lowest BCUT2D eigenvalue weighted by Gasteiger charge is -2.27. The minimum atomic E-state index is -1.29. The van der Waals surface area contributed by atoms with E-state index >= 15 is 0 Å². The number of aliphatic hydroxyl groups excluding tert-OH is 4. The van der Waals surface area contributed by atoms with Gasteiger partial charge in [0, 0.05) is 0 Å². The molecule has 5 N–H and O–H groups in total. The molecule has 0 aliphatic carbocycles. The van der Waals surface area contributed by atoms with Crippen molar-refractivity contribution >= 4 is 5.91 Å². The van der Waals surface area contributed by atoms with Crippen LogP contribution in [0.5, 0.6) is 0 Å². The lowest BCUT2D eigenvalue weighted by molar-refractivity contribution is -0.132. The fraction of sp³-hybridized carbons (Fsp3) is 0.887. The van der Waals surface area contributed by atoms with E-state index in [0.29, 0.717) is 19.3 Å². The number of hydrogen-bond acceptors (Lipinski definition) is 5. The van der Waals surface area contributed by atoms with Gasteiger partial charge in [0.1, 0.15) is 12.2 Å². The number of rotatable bonds is 56. The van der Waals surface area contributed by atoms with Crippen LogP contribution in [0.4, 0.5) is 0 Å². The highest BCUT2D eigenvalue weighted by Crippen LogP contribution is 2.18. The summed E-state index contributed by atoms with van der Waals surface area (Å²) >= 11 is 0. The third-order valence-electron chi connectivity index (χ3n) is 14.3. The van der Waals surface area contributed by atoms with Crippen LogP contribution in [-0.2, 0) is 4.79 Å². The Balaban J connectivity index is 3.63. The van der Waals surface area contributed by atoms with E-state index in [0.717, 1.165) is 51.4 Å². The summed E-state index contributed by atoms with van der Waals surface area (Å²) in [5.74, 6) is -0.594. The molecule has 0 saturated heterocycles. The van der Waals surface area contributed by atoms with Crippen molar-refractivity contribution in [1.29, 1.82) is 0 Å². The summed E-state index contributed by atoms with van der Waals surface area (Å²) in [7, 11) is 0. The zero-order valence-corrected chi connectivity index (χ0v) is 45.6. The molecular formula is C62H119NO5. The van der Waals surface area contributed by atoms with Gasteiger partial charge in [-0.2, -0.15) is 0 Å². The number of amides is 1. The molecule has 0 heterocycles. The van der Waals surface area contributed by atoms with Gasteiger partial charge in [0.05, 0.1) is 18.8 Å². The van der Waals surface area contributed by atoms with Crippen LogP contribution in [0.15, 0.2) is 36.5 Å². The molecule has 4 unspecified atom stereocenters. The van der Waals surface area contributed by atoms with Gasteiger partial charge in [-0.25, -0.2) is 0 Å². The maximum Gasteiger partial charge on any atom is 0.249 e. The first-order chi connectivity index (χ1) is 33.5. The Labute approximate surface area is 424 Å². The van der Waals surface area contributed by atoms with Gasteiger partial charge in [-0.15, -0.1) is 0 Å². The lowest BCUT2D eigenvalue weighted by Crippen LogP contribution is -2.53. The topological polar surface area (TPSA) is 110 Å². The summed E-state index contributed by atoms with van der Waals surface area (Å²) < 4.78 is 0. The smallest absolute Gasteiger partial charge is 0.249 e. The molecular weight excluding hydrogens is 839 g/mol. The summed E-state index contributed by atoms with van der Waals surface area (Å²) in [6, 6.07) is -1.01. The second-order valence-corrected chi connectivity index (χ2v) is 21.0. The molecule has 1 amide bonds. The maximum absolute atomic E-state index is 12.6. The SMILES string of the molecule is CCCCCCCCCCC/C=C/CC/C=C/CC/C=C/CCCC(O)C(O)C(CO)NC(=O)C(O)CCCCCCCCCCCCCCCCCCCCCCCCCCCCCCCC. The molecule has 0 aliphatic rings. The van der Waals surface area contributed by atoms with Crippen molar-refractivity contribution in [3.8, 4) is 0 Å². The molecule has 402 valence electrons. The Morgan fingerprint density at radius 1 is 0.353 bits per heavy atom. The Hall–Kier alpha value is -1.47. The van der Waals surface area contributed by atoms with Crippen LogP contribution < -0.4 is 5.32 Å². The summed E-state index contributed by atoms with van der Waals surface area (Å²) in [6.45, 7) is 4.07. The van der Waals surface area contributed by atoms with E-state index < -0.39 is 36.9 Å². The van der Waals surface area contributed by atoms with Gasteiger partial charge in [0.2, 0.25) is 5.91 Å². The van der Waals surface area contributed by atoms with Crippen molar-refractivity contribution in [2.45, 2.75) is 346 Å². The van der Waals surface area contributed by atoms with Crippen LogP contribution in [0, 0.1) is 0 Å². The van der Waals surface area contributed by atoms with Crippen molar-refractivity contribution in [2.75, 3.05) is 6.61 Å². The normalized spacial score (nSPS) is 13.9. The molecule has 0 fully saturated rings. The molecule has 0 radical (unpaired) electrons. The lowest BCUT2D eigenvalue weighted by atomic mass is 10.00. The van der Waals surface area contributed by atoms with E-state index in [9.17, 15) is 25.2 Å². The predicted octanol–water partition coefficient (Wildman–Crippen LogP) is 18.0. The van der Waals surface area contributed by atoms with Crippen LogP contribution in [0.1, 0.15) is 322 Å². The first-order valence-electron chi connectivity index (χ1n) is 30.4. The van der Waals surface area contributed by atoms with Crippen molar-refractivity contribution in [2.24, 2.45) is 0 Å². The highest BCUT2D eigenvalue weighted by Gasteiger charge is 2.28. The molecule has 0 bridgehead atoms. The van der Waals surface area contributed by atoms with Crippen LogP contribution >= 0.6 is 0 Å². The number of aliphatic hydroxyl groups is 4. The van der Waals surface area contributed by atoms with E-state index in [1.807, 2.05) is 0 Å². The fourth-order valence-electron chi connectivity index (χ4n) is 9.56. The van der Waals surface area contributed by atoms with Gasteiger partial charge in [0.15, 0.2) is 0 Å². The van der Waals surface area contributed by atoms with Crippen molar-refractivity contribution in [3.05, 3.63) is 36.5 Å².